The van der Waals surface area contributed by atoms with Crippen LogP contribution in [0.25, 0.3) is 0 Å². The van der Waals surface area contributed by atoms with Gasteiger partial charge < -0.3 is 19.0 Å². The summed E-state index contributed by atoms with van der Waals surface area (Å²) in [6.45, 7) is 22.9. The van der Waals surface area contributed by atoms with Crippen molar-refractivity contribution in [3.8, 4) is 0 Å². The van der Waals surface area contributed by atoms with Gasteiger partial charge in [-0.25, -0.2) is 0 Å². The Bertz CT molecular complexity index is 473. The van der Waals surface area contributed by atoms with E-state index in [2.05, 4.69) is 59.6 Å². The summed E-state index contributed by atoms with van der Waals surface area (Å²) in [5.41, 5.74) is 0.943. The maximum atomic E-state index is 10.9. The molecular weight excluding hydrogens is 348 g/mol. The first-order valence-electron chi connectivity index (χ1n) is 9.37. The van der Waals surface area contributed by atoms with Crippen molar-refractivity contribution in [3.05, 3.63) is 11.6 Å². The lowest BCUT2D eigenvalue weighted by Crippen LogP contribution is -2.42. The summed E-state index contributed by atoms with van der Waals surface area (Å²) in [6, 6.07) is 1.03. The van der Waals surface area contributed by atoms with E-state index < -0.39 is 28.3 Å². The minimum atomic E-state index is -1.87. The average molecular weight is 389 g/mol. The molecule has 6 heteroatoms. The second-order valence-corrected chi connectivity index (χ2v) is 20.7. The van der Waals surface area contributed by atoms with Crippen molar-refractivity contribution >= 4 is 16.4 Å². The molecule has 0 aromatic carbocycles. The summed E-state index contributed by atoms with van der Waals surface area (Å²) in [7, 11) is -3.12. The Kier molecular flexibility index (Phi) is 7.33. The molecule has 0 aromatic heterocycles. The third-order valence-electron chi connectivity index (χ3n) is 5.14. The van der Waals surface area contributed by atoms with Crippen LogP contribution in [0.2, 0.25) is 43.8 Å². The lowest BCUT2D eigenvalue weighted by atomic mass is 10.1. The van der Waals surface area contributed by atoms with Gasteiger partial charge in [0.15, 0.2) is 14.1 Å². The van der Waals surface area contributed by atoms with Crippen LogP contribution in [0, 0.1) is 0 Å². The minimum absolute atomic E-state index is 0.150. The third-order valence-corrected chi connectivity index (χ3v) is 11.1. The fraction of sp³-hybridized carbons (Fsp3) is 0.895. The van der Waals surface area contributed by atoms with E-state index in [1.54, 1.807) is 0 Å². The van der Waals surface area contributed by atoms with E-state index in [1.165, 1.54) is 0 Å². The molecule has 4 nitrogen and oxygen atoms in total. The second-order valence-electron chi connectivity index (χ2n) is 10.4. The molecular formula is C19H40O4Si2. The van der Waals surface area contributed by atoms with Crippen LogP contribution in [-0.4, -0.2) is 52.7 Å². The monoisotopic (exact) mass is 388 g/mol. The second kappa shape index (κ2) is 7.94. The predicted molar refractivity (Wildman–Crippen MR) is 110 cm³/mol. The fourth-order valence-electron chi connectivity index (χ4n) is 2.29. The fourth-order valence-corrected chi connectivity index (χ4v) is 4.13. The van der Waals surface area contributed by atoms with Crippen molar-refractivity contribution in [2.45, 2.75) is 96.4 Å². The van der Waals surface area contributed by atoms with Crippen LogP contribution in [0.3, 0.4) is 0 Å². The molecule has 0 aromatic rings. The first-order valence-corrected chi connectivity index (χ1v) is 16.0. The highest BCUT2D eigenvalue weighted by molar-refractivity contribution is 6.76. The Labute approximate surface area is 157 Å². The molecule has 0 amide bonds. The van der Waals surface area contributed by atoms with Crippen molar-refractivity contribution in [2.24, 2.45) is 0 Å². The first kappa shape index (κ1) is 23.1. The van der Waals surface area contributed by atoms with E-state index in [9.17, 15) is 5.11 Å². The molecule has 0 bridgehead atoms. The summed E-state index contributed by atoms with van der Waals surface area (Å²) in [6.07, 6.45) is 1.19. The maximum Gasteiger partial charge on any atom is 0.192 e. The van der Waals surface area contributed by atoms with Crippen molar-refractivity contribution in [3.63, 3.8) is 0 Å². The zero-order valence-corrected chi connectivity index (χ0v) is 20.0. The summed E-state index contributed by atoms with van der Waals surface area (Å²) >= 11 is 0. The van der Waals surface area contributed by atoms with Gasteiger partial charge in [-0.1, -0.05) is 46.5 Å². The van der Waals surface area contributed by atoms with Crippen LogP contribution in [0.5, 0.6) is 0 Å². The molecule has 1 aliphatic heterocycles. The van der Waals surface area contributed by atoms with Crippen molar-refractivity contribution in [2.75, 3.05) is 13.2 Å². The van der Waals surface area contributed by atoms with E-state index >= 15 is 0 Å². The zero-order chi connectivity index (χ0) is 19.7. The Morgan fingerprint density at radius 1 is 1.24 bits per heavy atom. The van der Waals surface area contributed by atoms with E-state index in [-0.39, 0.29) is 11.1 Å². The van der Waals surface area contributed by atoms with Crippen LogP contribution in [-0.2, 0) is 13.9 Å². The molecule has 148 valence electrons. The van der Waals surface area contributed by atoms with Gasteiger partial charge in [-0.05, 0) is 43.6 Å². The Balaban J connectivity index is 2.90. The van der Waals surface area contributed by atoms with Crippen LogP contribution < -0.4 is 0 Å². The van der Waals surface area contributed by atoms with Crippen LogP contribution >= 0.6 is 0 Å². The van der Waals surface area contributed by atoms with E-state index in [0.29, 0.717) is 13.2 Å². The van der Waals surface area contributed by atoms with Gasteiger partial charge in [0, 0.05) is 8.07 Å². The van der Waals surface area contributed by atoms with Gasteiger partial charge in [-0.2, -0.15) is 0 Å². The van der Waals surface area contributed by atoms with E-state index in [1.807, 2.05) is 13.8 Å². The highest BCUT2D eigenvalue weighted by Crippen LogP contribution is 2.37. The lowest BCUT2D eigenvalue weighted by molar-refractivity contribution is -0.148. The summed E-state index contributed by atoms with van der Waals surface area (Å²) < 4.78 is 17.9. The number of aliphatic hydroxyl groups is 1. The molecule has 1 fully saturated rings. The third kappa shape index (κ3) is 7.27. The molecule has 1 rings (SSSR count). The lowest BCUT2D eigenvalue weighted by Gasteiger charge is -2.37. The summed E-state index contributed by atoms with van der Waals surface area (Å²) in [5.74, 6) is -0.629. The Hall–Kier alpha value is 0.0138. The van der Waals surface area contributed by atoms with Gasteiger partial charge >= 0.3 is 0 Å². The Morgan fingerprint density at radius 3 is 2.20 bits per heavy atom. The molecule has 0 radical (unpaired) electrons. The van der Waals surface area contributed by atoms with E-state index in [4.69, 9.17) is 13.9 Å². The van der Waals surface area contributed by atoms with E-state index in [0.717, 1.165) is 11.6 Å². The van der Waals surface area contributed by atoms with Gasteiger partial charge in [-0.3, -0.25) is 0 Å². The smallest absolute Gasteiger partial charge is 0.192 e. The number of hydrogen-bond donors (Lipinski definition) is 1. The molecule has 25 heavy (non-hydrogen) atoms. The van der Waals surface area contributed by atoms with Crippen LogP contribution in [0.15, 0.2) is 11.6 Å². The molecule has 2 atom stereocenters. The number of allylic oxidation sites excluding steroid dienone is 1. The zero-order valence-electron chi connectivity index (χ0n) is 18.0. The van der Waals surface area contributed by atoms with Gasteiger partial charge in [-0.15, -0.1) is 0 Å². The molecule has 0 unspecified atom stereocenters. The van der Waals surface area contributed by atoms with Gasteiger partial charge in [0.05, 0.1) is 13.2 Å². The van der Waals surface area contributed by atoms with Gasteiger partial charge in [0.25, 0.3) is 0 Å². The average Bonchev–Trinajstić information content (AvgIpc) is 2.76. The topological polar surface area (TPSA) is 47.9 Å². The quantitative estimate of drug-likeness (QED) is 0.503. The minimum Gasteiger partial charge on any atom is -0.413 e. The molecule has 0 saturated carbocycles. The molecule has 0 spiro atoms. The largest absolute Gasteiger partial charge is 0.413 e. The standard InChI is InChI=1S/C19H40O4Si2/c1-18(2,3)25(9,10)22-13-15(11-12-24(6,7)8)17(20)16-14-21-19(4,5)23-16/h11,16-17,20H,12-14H2,1-10H3/b15-11+/t16-,17-/m1/s1. The molecule has 1 saturated heterocycles. The number of hydrogen-bond acceptors (Lipinski definition) is 4. The van der Waals surface area contributed by atoms with Crippen molar-refractivity contribution < 1.29 is 19.0 Å². The normalized spacial score (nSPS) is 23.8. The number of rotatable bonds is 7. The molecule has 1 aliphatic rings. The van der Waals surface area contributed by atoms with Gasteiger partial charge in [0.1, 0.15) is 12.2 Å². The molecule has 1 heterocycles. The Morgan fingerprint density at radius 2 is 1.80 bits per heavy atom. The predicted octanol–water partition coefficient (Wildman–Crippen LogP) is 4.79. The summed E-state index contributed by atoms with van der Waals surface area (Å²) in [5, 5.41) is 11.1. The van der Waals surface area contributed by atoms with Crippen molar-refractivity contribution in [1.82, 2.24) is 0 Å². The highest BCUT2D eigenvalue weighted by atomic mass is 28.4. The maximum absolute atomic E-state index is 10.9. The SMILES string of the molecule is CC1(C)OC[C@H]([C@H](O)/C(=C/C[Si](C)(C)C)CO[Si](C)(C)C(C)(C)C)O1. The van der Waals surface area contributed by atoms with Gasteiger partial charge in [0.2, 0.25) is 0 Å². The van der Waals surface area contributed by atoms with Crippen molar-refractivity contribution in [1.29, 1.82) is 0 Å². The van der Waals surface area contributed by atoms with Crippen LogP contribution in [0.4, 0.5) is 0 Å². The number of aliphatic hydroxyl groups excluding tert-OH is 1. The number of ether oxygens (including phenoxy) is 2. The first-order chi connectivity index (χ1) is 11.0. The summed E-state index contributed by atoms with van der Waals surface area (Å²) in [4.78, 5) is 0. The molecule has 1 N–H and O–H groups in total. The molecule has 0 aliphatic carbocycles. The van der Waals surface area contributed by atoms with Crippen LogP contribution in [0.1, 0.15) is 34.6 Å². The highest BCUT2D eigenvalue weighted by Gasteiger charge is 2.40.